The van der Waals surface area contributed by atoms with E-state index in [0.717, 1.165) is 59.9 Å². The number of nitrogens with one attached hydrogen (secondary N) is 1. The lowest BCUT2D eigenvalue weighted by Crippen LogP contribution is -2.38. The summed E-state index contributed by atoms with van der Waals surface area (Å²) in [6.45, 7) is 4.12. The molecular weight excluding hydrogens is 404 g/mol. The molecular formula is C26H28N2O4. The van der Waals surface area contributed by atoms with Gasteiger partial charge in [-0.25, -0.2) is 0 Å². The van der Waals surface area contributed by atoms with E-state index >= 15 is 0 Å². The maximum Gasteiger partial charge on any atom is 0.269 e. The number of anilines is 1. The number of amides is 1. The summed E-state index contributed by atoms with van der Waals surface area (Å²) in [5.74, 6) is 0.739. The zero-order valence-corrected chi connectivity index (χ0v) is 18.5. The summed E-state index contributed by atoms with van der Waals surface area (Å²) in [4.78, 5) is 24.3. The van der Waals surface area contributed by atoms with Crippen molar-refractivity contribution in [1.29, 1.82) is 0 Å². The number of hydrogen-bond acceptors (Lipinski definition) is 4. The number of fused-ring (bicyclic) bond motifs is 1. The van der Waals surface area contributed by atoms with Crippen LogP contribution >= 0.6 is 0 Å². The first-order chi connectivity index (χ1) is 15.4. The van der Waals surface area contributed by atoms with Gasteiger partial charge in [0.05, 0.1) is 16.4 Å². The Morgan fingerprint density at radius 3 is 2.34 bits per heavy atom. The maximum atomic E-state index is 13.6. The number of nitro groups is 1. The Hall–Kier alpha value is -3.41. The van der Waals surface area contributed by atoms with Gasteiger partial charge in [-0.05, 0) is 43.9 Å². The topological polar surface area (TPSA) is 81.5 Å². The zero-order valence-electron chi connectivity index (χ0n) is 18.5. The van der Waals surface area contributed by atoms with E-state index in [2.05, 4.69) is 12.2 Å². The minimum Gasteiger partial charge on any atom is -0.490 e. The molecule has 6 heteroatoms. The van der Waals surface area contributed by atoms with Gasteiger partial charge in [0.2, 0.25) is 5.91 Å². The van der Waals surface area contributed by atoms with Crippen LogP contribution in [0.15, 0.2) is 60.7 Å². The molecule has 3 aromatic rings. The van der Waals surface area contributed by atoms with E-state index in [-0.39, 0.29) is 17.7 Å². The molecule has 1 atom stereocenters. The van der Waals surface area contributed by atoms with Crippen molar-refractivity contribution < 1.29 is 14.5 Å². The molecule has 1 amide bonds. The predicted octanol–water partition coefficient (Wildman–Crippen LogP) is 6.38. The van der Waals surface area contributed by atoms with Crippen molar-refractivity contribution >= 4 is 28.1 Å². The SMILES string of the molecule is CCC(C)Oc1ccc(NC(=O)C2(c3ccc([N+](=O)[O-])cc3)CCCC2)c2ccccc12. The smallest absolute Gasteiger partial charge is 0.269 e. The van der Waals surface area contributed by atoms with Crippen LogP contribution in [0.25, 0.3) is 10.8 Å². The fourth-order valence-electron chi connectivity index (χ4n) is 4.55. The van der Waals surface area contributed by atoms with Crippen molar-refractivity contribution in [3.63, 3.8) is 0 Å². The van der Waals surface area contributed by atoms with Crippen LogP contribution < -0.4 is 10.1 Å². The summed E-state index contributed by atoms with van der Waals surface area (Å²) < 4.78 is 6.09. The lowest BCUT2D eigenvalue weighted by atomic mass is 9.78. The van der Waals surface area contributed by atoms with Crippen LogP contribution in [0.1, 0.15) is 51.5 Å². The molecule has 1 fully saturated rings. The van der Waals surface area contributed by atoms with Gasteiger partial charge in [0.1, 0.15) is 5.75 Å². The van der Waals surface area contributed by atoms with Crippen molar-refractivity contribution in [1.82, 2.24) is 0 Å². The molecule has 1 unspecified atom stereocenters. The molecule has 0 radical (unpaired) electrons. The Kier molecular flexibility index (Phi) is 6.12. The van der Waals surface area contributed by atoms with Crippen LogP contribution in [0, 0.1) is 10.1 Å². The van der Waals surface area contributed by atoms with E-state index in [0.29, 0.717) is 0 Å². The van der Waals surface area contributed by atoms with E-state index in [1.807, 2.05) is 43.3 Å². The molecule has 32 heavy (non-hydrogen) atoms. The van der Waals surface area contributed by atoms with Gasteiger partial charge in [0.25, 0.3) is 5.69 Å². The molecule has 0 aliphatic heterocycles. The predicted molar refractivity (Wildman–Crippen MR) is 126 cm³/mol. The van der Waals surface area contributed by atoms with Gasteiger partial charge in [-0.3, -0.25) is 14.9 Å². The molecule has 1 saturated carbocycles. The van der Waals surface area contributed by atoms with Gasteiger partial charge in [-0.15, -0.1) is 0 Å². The summed E-state index contributed by atoms with van der Waals surface area (Å²) in [5, 5.41) is 16.1. The van der Waals surface area contributed by atoms with Crippen LogP contribution in [-0.4, -0.2) is 16.9 Å². The van der Waals surface area contributed by atoms with Gasteiger partial charge in [-0.1, -0.05) is 56.2 Å². The lowest BCUT2D eigenvalue weighted by Gasteiger charge is -2.28. The first-order valence-electron chi connectivity index (χ1n) is 11.2. The van der Waals surface area contributed by atoms with E-state index in [9.17, 15) is 14.9 Å². The van der Waals surface area contributed by atoms with Gasteiger partial charge in [0.15, 0.2) is 0 Å². The zero-order chi connectivity index (χ0) is 22.7. The van der Waals surface area contributed by atoms with Crippen molar-refractivity contribution in [3.8, 4) is 5.75 Å². The highest BCUT2D eigenvalue weighted by Gasteiger charge is 2.43. The highest BCUT2D eigenvalue weighted by molar-refractivity contribution is 6.07. The second-order valence-corrected chi connectivity index (χ2v) is 8.54. The molecule has 0 saturated heterocycles. The maximum absolute atomic E-state index is 13.6. The normalized spacial score (nSPS) is 15.9. The van der Waals surface area contributed by atoms with Crippen molar-refractivity contribution in [3.05, 3.63) is 76.3 Å². The van der Waals surface area contributed by atoms with Crippen molar-refractivity contribution in [2.24, 2.45) is 0 Å². The average Bonchev–Trinajstić information content (AvgIpc) is 3.32. The number of carbonyl (C=O) groups is 1. The number of carbonyl (C=O) groups excluding carboxylic acids is 1. The largest absolute Gasteiger partial charge is 0.490 e. The third-order valence-corrected chi connectivity index (χ3v) is 6.56. The minimum atomic E-state index is -0.678. The van der Waals surface area contributed by atoms with Crippen LogP contribution in [0.4, 0.5) is 11.4 Å². The molecule has 166 valence electrons. The third-order valence-electron chi connectivity index (χ3n) is 6.56. The first kappa shape index (κ1) is 21.8. The molecule has 1 aliphatic carbocycles. The fourth-order valence-corrected chi connectivity index (χ4v) is 4.55. The van der Waals surface area contributed by atoms with Crippen molar-refractivity contribution in [2.45, 2.75) is 57.5 Å². The fraction of sp³-hybridized carbons (Fsp3) is 0.346. The number of nitrogens with zero attached hydrogens (tertiary/aromatic N) is 1. The quantitative estimate of drug-likeness (QED) is 0.347. The number of benzene rings is 3. The van der Waals surface area contributed by atoms with Gasteiger partial charge >= 0.3 is 0 Å². The molecule has 1 aliphatic rings. The molecule has 4 rings (SSSR count). The molecule has 0 bridgehead atoms. The van der Waals surface area contributed by atoms with Crippen LogP contribution in [-0.2, 0) is 10.2 Å². The Morgan fingerprint density at radius 2 is 1.72 bits per heavy atom. The lowest BCUT2D eigenvalue weighted by molar-refractivity contribution is -0.384. The van der Waals surface area contributed by atoms with E-state index in [1.54, 1.807) is 12.1 Å². The summed E-state index contributed by atoms with van der Waals surface area (Å²) in [7, 11) is 0. The number of hydrogen-bond donors (Lipinski definition) is 1. The molecule has 1 N–H and O–H groups in total. The first-order valence-corrected chi connectivity index (χ1v) is 11.2. The number of non-ortho nitro benzene ring substituents is 1. The Morgan fingerprint density at radius 1 is 1.06 bits per heavy atom. The standard InChI is InChI=1S/C26H28N2O4/c1-3-18(2)32-24-15-14-23(21-8-4-5-9-22(21)24)27-25(29)26(16-6-7-17-26)19-10-12-20(13-11-19)28(30)31/h4-5,8-15,18H,3,6-7,16-17H2,1-2H3,(H,27,29). The summed E-state index contributed by atoms with van der Waals surface area (Å²) >= 11 is 0. The Balaban J connectivity index is 1.67. The van der Waals surface area contributed by atoms with Crippen molar-refractivity contribution in [2.75, 3.05) is 5.32 Å². The highest BCUT2D eigenvalue weighted by Crippen LogP contribution is 2.43. The summed E-state index contributed by atoms with van der Waals surface area (Å²) in [6, 6.07) is 18.1. The Labute approximate surface area is 187 Å². The van der Waals surface area contributed by atoms with Crippen LogP contribution in [0.2, 0.25) is 0 Å². The highest BCUT2D eigenvalue weighted by atomic mass is 16.6. The van der Waals surface area contributed by atoms with Gasteiger partial charge in [-0.2, -0.15) is 0 Å². The van der Waals surface area contributed by atoms with E-state index in [1.165, 1.54) is 12.1 Å². The summed E-state index contributed by atoms with van der Waals surface area (Å²) in [5.41, 5.74) is 0.932. The average molecular weight is 433 g/mol. The van der Waals surface area contributed by atoms with E-state index < -0.39 is 10.3 Å². The number of nitro benzene ring substituents is 1. The second-order valence-electron chi connectivity index (χ2n) is 8.54. The minimum absolute atomic E-state index is 0.0326. The molecule has 0 heterocycles. The number of rotatable bonds is 7. The van der Waals surface area contributed by atoms with Crippen LogP contribution in [0.5, 0.6) is 5.75 Å². The second kappa shape index (κ2) is 8.99. The van der Waals surface area contributed by atoms with Crippen LogP contribution in [0.3, 0.4) is 0 Å². The van der Waals surface area contributed by atoms with Gasteiger partial charge in [0, 0.05) is 28.6 Å². The number of ether oxygens (including phenoxy) is 1. The van der Waals surface area contributed by atoms with E-state index in [4.69, 9.17) is 4.74 Å². The molecule has 0 spiro atoms. The molecule has 6 nitrogen and oxygen atoms in total. The third kappa shape index (κ3) is 4.05. The monoisotopic (exact) mass is 432 g/mol. The van der Waals surface area contributed by atoms with Gasteiger partial charge < -0.3 is 10.1 Å². The molecule has 0 aromatic heterocycles. The Bertz CT molecular complexity index is 1130. The molecule has 3 aromatic carbocycles. The summed E-state index contributed by atoms with van der Waals surface area (Å²) in [6.07, 6.45) is 4.36.